The first-order valence-electron chi connectivity index (χ1n) is 6.32. The summed E-state index contributed by atoms with van der Waals surface area (Å²) in [5.74, 6) is 0. The smallest absolute Gasteiger partial charge is 0.292 e. The first-order chi connectivity index (χ1) is 9.49. The summed E-state index contributed by atoms with van der Waals surface area (Å²) in [6.07, 6.45) is 0. The maximum absolute atomic E-state index is 11.1. The molecule has 0 bridgehead atoms. The molecular weight excluding hydrogens is 254 g/mol. The second-order valence-corrected chi connectivity index (χ2v) is 4.81. The maximum atomic E-state index is 11.1. The lowest BCUT2D eigenvalue weighted by Gasteiger charge is -2.10. The first-order valence-corrected chi connectivity index (χ1v) is 6.32. The number of hydrogen-bond acceptors (Lipinski definition) is 4. The molecule has 0 amide bonds. The number of nitro groups is 1. The molecule has 0 aromatic heterocycles. The summed E-state index contributed by atoms with van der Waals surface area (Å²) in [4.78, 5) is 10.7. The Morgan fingerprint density at radius 2 is 1.80 bits per heavy atom. The Bertz CT molecular complexity index is 633. The van der Waals surface area contributed by atoms with Crippen molar-refractivity contribution in [2.24, 2.45) is 5.73 Å². The Morgan fingerprint density at radius 3 is 2.35 bits per heavy atom. The molecule has 5 heteroatoms. The van der Waals surface area contributed by atoms with Crippen molar-refractivity contribution in [2.45, 2.75) is 20.4 Å². The highest BCUT2D eigenvalue weighted by atomic mass is 16.6. The van der Waals surface area contributed by atoms with Gasteiger partial charge in [0, 0.05) is 18.3 Å². The third kappa shape index (κ3) is 3.13. The summed E-state index contributed by atoms with van der Waals surface area (Å²) in [6.45, 7) is 4.26. The van der Waals surface area contributed by atoms with Crippen LogP contribution in [0.2, 0.25) is 0 Å². The summed E-state index contributed by atoms with van der Waals surface area (Å²) in [6, 6.07) is 10.9. The Labute approximate surface area is 117 Å². The van der Waals surface area contributed by atoms with Crippen LogP contribution in [0.1, 0.15) is 16.7 Å². The van der Waals surface area contributed by atoms with E-state index in [1.807, 2.05) is 26.0 Å². The molecule has 2 aromatic carbocycles. The van der Waals surface area contributed by atoms with E-state index in [1.165, 1.54) is 6.07 Å². The van der Waals surface area contributed by atoms with E-state index in [0.717, 1.165) is 22.4 Å². The normalized spacial score (nSPS) is 10.3. The molecule has 0 heterocycles. The zero-order chi connectivity index (χ0) is 14.7. The summed E-state index contributed by atoms with van der Waals surface area (Å²) < 4.78 is 0. The van der Waals surface area contributed by atoms with Gasteiger partial charge in [0.15, 0.2) is 0 Å². The van der Waals surface area contributed by atoms with Gasteiger partial charge in [-0.1, -0.05) is 12.1 Å². The van der Waals surface area contributed by atoms with Crippen LogP contribution in [-0.2, 0) is 6.54 Å². The molecule has 0 aliphatic rings. The molecule has 0 aliphatic heterocycles. The molecule has 2 rings (SSSR count). The number of rotatable bonds is 4. The van der Waals surface area contributed by atoms with E-state index in [9.17, 15) is 10.1 Å². The van der Waals surface area contributed by atoms with Crippen LogP contribution < -0.4 is 11.1 Å². The van der Waals surface area contributed by atoms with Crippen LogP contribution >= 0.6 is 0 Å². The average molecular weight is 271 g/mol. The van der Waals surface area contributed by atoms with Crippen LogP contribution in [0.5, 0.6) is 0 Å². The molecule has 20 heavy (non-hydrogen) atoms. The molecule has 5 nitrogen and oxygen atoms in total. The fourth-order valence-corrected chi connectivity index (χ4v) is 2.16. The maximum Gasteiger partial charge on any atom is 0.292 e. The van der Waals surface area contributed by atoms with Gasteiger partial charge < -0.3 is 11.1 Å². The van der Waals surface area contributed by atoms with Gasteiger partial charge in [-0.2, -0.15) is 0 Å². The lowest BCUT2D eigenvalue weighted by atomic mass is 10.1. The predicted octanol–water partition coefficient (Wildman–Crippen LogP) is 3.41. The molecule has 0 spiro atoms. The first kappa shape index (κ1) is 14.0. The van der Waals surface area contributed by atoms with Gasteiger partial charge >= 0.3 is 0 Å². The summed E-state index contributed by atoms with van der Waals surface area (Å²) in [5, 5.41) is 14.2. The third-order valence-corrected chi connectivity index (χ3v) is 3.00. The Morgan fingerprint density at radius 1 is 1.15 bits per heavy atom. The number of nitrogens with two attached hydrogens (primary N) is 1. The minimum Gasteiger partial charge on any atom is -0.350 e. The Hall–Kier alpha value is -2.40. The largest absolute Gasteiger partial charge is 0.350 e. The number of hydrogen-bond donors (Lipinski definition) is 2. The van der Waals surface area contributed by atoms with Gasteiger partial charge in [0.05, 0.1) is 4.92 Å². The van der Waals surface area contributed by atoms with Crippen molar-refractivity contribution in [1.82, 2.24) is 0 Å². The van der Waals surface area contributed by atoms with E-state index in [0.29, 0.717) is 5.69 Å². The lowest BCUT2D eigenvalue weighted by Crippen LogP contribution is -2.01. The van der Waals surface area contributed by atoms with Crippen LogP contribution in [0, 0.1) is 24.0 Å². The van der Waals surface area contributed by atoms with Crippen molar-refractivity contribution in [3.63, 3.8) is 0 Å². The van der Waals surface area contributed by atoms with E-state index >= 15 is 0 Å². The predicted molar refractivity (Wildman–Crippen MR) is 80.2 cm³/mol. The molecular formula is C15H17N3O2. The van der Waals surface area contributed by atoms with Crippen LogP contribution in [0.15, 0.2) is 36.4 Å². The van der Waals surface area contributed by atoms with Crippen molar-refractivity contribution < 1.29 is 4.92 Å². The number of anilines is 2. The highest BCUT2D eigenvalue weighted by Crippen LogP contribution is 2.29. The van der Waals surface area contributed by atoms with Crippen molar-refractivity contribution in [3.05, 3.63) is 63.2 Å². The molecule has 0 radical (unpaired) electrons. The zero-order valence-electron chi connectivity index (χ0n) is 11.5. The van der Waals surface area contributed by atoms with Gasteiger partial charge in [0.1, 0.15) is 5.69 Å². The fraction of sp³-hybridized carbons (Fsp3) is 0.200. The van der Waals surface area contributed by atoms with E-state index in [-0.39, 0.29) is 12.2 Å². The quantitative estimate of drug-likeness (QED) is 0.659. The van der Waals surface area contributed by atoms with E-state index < -0.39 is 4.92 Å². The minimum absolute atomic E-state index is 0.0344. The molecule has 0 saturated carbocycles. The number of nitrogens with zero attached hydrogens (tertiary/aromatic N) is 1. The zero-order valence-corrected chi connectivity index (χ0v) is 11.5. The van der Waals surface area contributed by atoms with Crippen molar-refractivity contribution in [2.75, 3.05) is 5.32 Å². The van der Waals surface area contributed by atoms with Crippen molar-refractivity contribution >= 4 is 17.1 Å². The van der Waals surface area contributed by atoms with Crippen LogP contribution in [0.3, 0.4) is 0 Å². The average Bonchev–Trinajstić information content (AvgIpc) is 2.37. The second kappa shape index (κ2) is 5.71. The minimum atomic E-state index is -0.399. The topological polar surface area (TPSA) is 81.2 Å². The van der Waals surface area contributed by atoms with Crippen LogP contribution in [-0.4, -0.2) is 4.92 Å². The molecule has 0 unspecified atom stereocenters. The Kier molecular flexibility index (Phi) is 4.00. The molecule has 104 valence electrons. The number of nitrogens with one attached hydrogen (secondary N) is 1. The van der Waals surface area contributed by atoms with Gasteiger partial charge in [-0.15, -0.1) is 0 Å². The summed E-state index contributed by atoms with van der Waals surface area (Å²) in [5.41, 5.74) is 9.81. The molecule has 0 saturated heterocycles. The number of benzene rings is 2. The number of aryl methyl sites for hydroxylation is 2. The highest BCUT2D eigenvalue weighted by molar-refractivity contribution is 5.70. The van der Waals surface area contributed by atoms with E-state index in [1.54, 1.807) is 12.1 Å². The van der Waals surface area contributed by atoms with E-state index in [4.69, 9.17) is 5.73 Å². The van der Waals surface area contributed by atoms with Crippen LogP contribution in [0.25, 0.3) is 0 Å². The van der Waals surface area contributed by atoms with Crippen molar-refractivity contribution in [1.29, 1.82) is 0 Å². The van der Waals surface area contributed by atoms with Gasteiger partial charge in [-0.3, -0.25) is 10.1 Å². The van der Waals surface area contributed by atoms with Gasteiger partial charge in [-0.05, 0) is 48.7 Å². The second-order valence-electron chi connectivity index (χ2n) is 4.81. The summed E-state index contributed by atoms with van der Waals surface area (Å²) >= 11 is 0. The monoisotopic (exact) mass is 271 g/mol. The van der Waals surface area contributed by atoms with Crippen LogP contribution in [0.4, 0.5) is 17.1 Å². The summed E-state index contributed by atoms with van der Waals surface area (Å²) in [7, 11) is 0. The molecule has 3 N–H and O–H groups in total. The molecule has 2 aromatic rings. The van der Waals surface area contributed by atoms with Crippen molar-refractivity contribution in [3.8, 4) is 0 Å². The van der Waals surface area contributed by atoms with Gasteiger partial charge in [0.25, 0.3) is 5.69 Å². The molecule has 0 fully saturated rings. The SMILES string of the molecule is Cc1cc(C)cc(Nc2ccc(CN)cc2[N+](=O)[O-])c1. The standard InChI is InChI=1S/C15H17N3O2/c1-10-5-11(2)7-13(6-10)17-14-4-3-12(9-16)8-15(14)18(19)20/h3-8,17H,9,16H2,1-2H3. The molecule has 0 aliphatic carbocycles. The third-order valence-electron chi connectivity index (χ3n) is 3.00. The highest BCUT2D eigenvalue weighted by Gasteiger charge is 2.14. The lowest BCUT2D eigenvalue weighted by molar-refractivity contribution is -0.384. The van der Waals surface area contributed by atoms with Gasteiger partial charge in [-0.25, -0.2) is 0 Å². The Balaban J connectivity index is 2.39. The molecule has 0 atom stereocenters. The number of nitro benzene ring substituents is 1. The van der Waals surface area contributed by atoms with E-state index in [2.05, 4.69) is 11.4 Å². The van der Waals surface area contributed by atoms with Gasteiger partial charge in [0.2, 0.25) is 0 Å². The fourth-order valence-electron chi connectivity index (χ4n) is 2.16.